The van der Waals surface area contributed by atoms with E-state index in [0.29, 0.717) is 16.5 Å². The molecule has 0 saturated heterocycles. The van der Waals surface area contributed by atoms with Gasteiger partial charge in [-0.05, 0) is 24.0 Å². The molecule has 1 aromatic carbocycles. The molecule has 0 aromatic heterocycles. The first-order valence-electron chi connectivity index (χ1n) is 7.32. The summed E-state index contributed by atoms with van der Waals surface area (Å²) in [5, 5.41) is 0.658. The van der Waals surface area contributed by atoms with Gasteiger partial charge in [-0.1, -0.05) is 43.7 Å². The average molecular weight is 298 g/mol. The largest absolute Gasteiger partial charge is 0.493 e. The minimum Gasteiger partial charge on any atom is -0.493 e. The first-order chi connectivity index (χ1) is 9.65. The van der Waals surface area contributed by atoms with Crippen LogP contribution in [0.4, 0.5) is 0 Å². The van der Waals surface area contributed by atoms with Crippen LogP contribution >= 0.6 is 11.6 Å². The van der Waals surface area contributed by atoms with Gasteiger partial charge in [0, 0.05) is 17.1 Å². The molecule has 20 heavy (non-hydrogen) atoms. The van der Waals surface area contributed by atoms with Crippen molar-refractivity contribution in [1.29, 1.82) is 0 Å². The van der Waals surface area contributed by atoms with Crippen LogP contribution in [-0.4, -0.2) is 14.2 Å². The zero-order valence-electron chi connectivity index (χ0n) is 12.3. The predicted octanol–water partition coefficient (Wildman–Crippen LogP) is 4.33. The van der Waals surface area contributed by atoms with Gasteiger partial charge in [0.25, 0.3) is 0 Å². The Balaban J connectivity index is 2.13. The van der Waals surface area contributed by atoms with Crippen LogP contribution in [0.2, 0.25) is 5.02 Å². The van der Waals surface area contributed by atoms with Crippen LogP contribution in [0.5, 0.6) is 11.5 Å². The molecule has 0 radical (unpaired) electrons. The van der Waals surface area contributed by atoms with Crippen molar-refractivity contribution in [2.75, 3.05) is 14.2 Å². The highest BCUT2D eigenvalue weighted by atomic mass is 35.5. The normalized spacial score (nSPS) is 17.8. The maximum atomic E-state index is 6.36. The van der Waals surface area contributed by atoms with Gasteiger partial charge in [-0.25, -0.2) is 0 Å². The van der Waals surface area contributed by atoms with Crippen molar-refractivity contribution in [3.8, 4) is 11.5 Å². The average Bonchev–Trinajstić information content (AvgIpc) is 2.47. The SMILES string of the molecule is COc1cc(Cl)c(C(N)CC2CCCCC2)cc1OC. The maximum Gasteiger partial charge on any atom is 0.162 e. The third kappa shape index (κ3) is 3.58. The summed E-state index contributed by atoms with van der Waals surface area (Å²) in [7, 11) is 3.23. The Kier molecular flexibility index (Phi) is 5.55. The van der Waals surface area contributed by atoms with Crippen molar-refractivity contribution in [3.05, 3.63) is 22.7 Å². The van der Waals surface area contributed by atoms with E-state index >= 15 is 0 Å². The van der Waals surface area contributed by atoms with E-state index in [2.05, 4.69) is 0 Å². The van der Waals surface area contributed by atoms with Crippen LogP contribution in [0, 0.1) is 5.92 Å². The second-order valence-corrected chi connectivity index (χ2v) is 5.98. The lowest BCUT2D eigenvalue weighted by molar-refractivity contribution is 0.318. The molecule has 0 aliphatic heterocycles. The Morgan fingerprint density at radius 3 is 2.35 bits per heavy atom. The third-order valence-electron chi connectivity index (χ3n) is 4.21. The summed E-state index contributed by atoms with van der Waals surface area (Å²) in [6.45, 7) is 0. The molecule has 1 unspecified atom stereocenters. The van der Waals surface area contributed by atoms with Crippen molar-refractivity contribution in [1.82, 2.24) is 0 Å². The molecule has 0 bridgehead atoms. The summed E-state index contributed by atoms with van der Waals surface area (Å²) in [5.41, 5.74) is 7.31. The van der Waals surface area contributed by atoms with Gasteiger partial charge >= 0.3 is 0 Å². The van der Waals surface area contributed by atoms with E-state index in [9.17, 15) is 0 Å². The minimum absolute atomic E-state index is 0.0367. The van der Waals surface area contributed by atoms with Crippen LogP contribution in [-0.2, 0) is 0 Å². The quantitative estimate of drug-likeness (QED) is 0.880. The Labute approximate surface area is 126 Å². The number of rotatable bonds is 5. The van der Waals surface area contributed by atoms with Gasteiger partial charge in [0.1, 0.15) is 0 Å². The molecule has 1 fully saturated rings. The van der Waals surface area contributed by atoms with Crippen molar-refractivity contribution in [3.63, 3.8) is 0 Å². The van der Waals surface area contributed by atoms with Gasteiger partial charge in [-0.2, -0.15) is 0 Å². The molecule has 2 rings (SSSR count). The number of nitrogens with two attached hydrogens (primary N) is 1. The van der Waals surface area contributed by atoms with Crippen LogP contribution in [0.3, 0.4) is 0 Å². The molecule has 1 atom stereocenters. The van der Waals surface area contributed by atoms with Crippen LogP contribution in [0.25, 0.3) is 0 Å². The third-order valence-corrected chi connectivity index (χ3v) is 4.54. The summed E-state index contributed by atoms with van der Waals surface area (Å²) < 4.78 is 10.6. The molecule has 1 aliphatic carbocycles. The van der Waals surface area contributed by atoms with Gasteiger partial charge in [0.2, 0.25) is 0 Å². The fourth-order valence-corrected chi connectivity index (χ4v) is 3.36. The van der Waals surface area contributed by atoms with Crippen molar-refractivity contribution < 1.29 is 9.47 Å². The summed E-state index contributed by atoms with van der Waals surface area (Å²) in [4.78, 5) is 0. The minimum atomic E-state index is -0.0367. The second kappa shape index (κ2) is 7.19. The van der Waals surface area contributed by atoms with Crippen molar-refractivity contribution in [2.24, 2.45) is 11.7 Å². The molecular formula is C16H24ClNO2. The first kappa shape index (κ1) is 15.5. The molecule has 0 spiro atoms. The Morgan fingerprint density at radius 2 is 1.75 bits per heavy atom. The summed E-state index contributed by atoms with van der Waals surface area (Å²) >= 11 is 6.33. The van der Waals surface area contributed by atoms with Crippen molar-refractivity contribution >= 4 is 11.6 Å². The van der Waals surface area contributed by atoms with E-state index in [1.54, 1.807) is 20.3 Å². The van der Waals surface area contributed by atoms with Gasteiger partial charge in [0.15, 0.2) is 11.5 Å². The Morgan fingerprint density at radius 1 is 1.15 bits per heavy atom. The van der Waals surface area contributed by atoms with Crippen LogP contribution in [0.15, 0.2) is 12.1 Å². The predicted molar refractivity (Wildman–Crippen MR) is 82.7 cm³/mol. The highest BCUT2D eigenvalue weighted by molar-refractivity contribution is 6.31. The molecule has 112 valence electrons. The highest BCUT2D eigenvalue weighted by Gasteiger charge is 2.21. The van der Waals surface area contributed by atoms with Gasteiger partial charge < -0.3 is 15.2 Å². The molecule has 1 saturated carbocycles. The summed E-state index contributed by atoms with van der Waals surface area (Å²) in [5.74, 6) is 2.06. The fraction of sp³-hybridized carbons (Fsp3) is 0.625. The first-order valence-corrected chi connectivity index (χ1v) is 7.70. The summed E-state index contributed by atoms with van der Waals surface area (Å²) in [6, 6.07) is 3.66. The number of ether oxygens (including phenoxy) is 2. The molecule has 0 heterocycles. The lowest BCUT2D eigenvalue weighted by atomic mass is 9.83. The smallest absolute Gasteiger partial charge is 0.162 e. The number of halogens is 1. The maximum absolute atomic E-state index is 6.36. The zero-order chi connectivity index (χ0) is 14.5. The lowest BCUT2D eigenvalue weighted by Crippen LogP contribution is -2.18. The number of benzene rings is 1. The standard InChI is InChI=1S/C16H24ClNO2/c1-19-15-9-12(13(17)10-16(15)20-2)14(18)8-11-6-4-3-5-7-11/h9-11,14H,3-8,18H2,1-2H3. The van der Waals surface area contributed by atoms with Crippen LogP contribution in [0.1, 0.15) is 50.1 Å². The fourth-order valence-electron chi connectivity index (χ4n) is 3.06. The number of methoxy groups -OCH3 is 2. The van der Waals surface area contributed by atoms with E-state index in [1.165, 1.54) is 32.1 Å². The molecule has 1 aromatic rings. The van der Waals surface area contributed by atoms with Crippen LogP contribution < -0.4 is 15.2 Å². The highest BCUT2D eigenvalue weighted by Crippen LogP contribution is 2.38. The molecule has 1 aliphatic rings. The monoisotopic (exact) mass is 297 g/mol. The Bertz CT molecular complexity index is 444. The molecule has 3 nitrogen and oxygen atoms in total. The van der Waals surface area contributed by atoms with E-state index < -0.39 is 0 Å². The van der Waals surface area contributed by atoms with E-state index in [4.69, 9.17) is 26.8 Å². The topological polar surface area (TPSA) is 44.5 Å². The second-order valence-electron chi connectivity index (χ2n) is 5.57. The van der Waals surface area contributed by atoms with Gasteiger partial charge in [0.05, 0.1) is 14.2 Å². The zero-order valence-corrected chi connectivity index (χ0v) is 13.1. The molecule has 4 heteroatoms. The summed E-state index contributed by atoms with van der Waals surface area (Å²) in [6.07, 6.45) is 7.60. The van der Waals surface area contributed by atoms with Crippen molar-refractivity contribution in [2.45, 2.75) is 44.6 Å². The van der Waals surface area contributed by atoms with Gasteiger partial charge in [-0.15, -0.1) is 0 Å². The van der Waals surface area contributed by atoms with Gasteiger partial charge in [-0.3, -0.25) is 0 Å². The molecular weight excluding hydrogens is 274 g/mol. The van der Waals surface area contributed by atoms with E-state index in [-0.39, 0.29) is 6.04 Å². The van der Waals surface area contributed by atoms with E-state index in [0.717, 1.165) is 17.9 Å². The number of hydrogen-bond acceptors (Lipinski definition) is 3. The molecule has 2 N–H and O–H groups in total. The Hall–Kier alpha value is -0.930. The lowest BCUT2D eigenvalue weighted by Gasteiger charge is -2.25. The van der Waals surface area contributed by atoms with E-state index in [1.807, 2.05) is 6.07 Å². The molecule has 0 amide bonds. The number of hydrogen-bond donors (Lipinski definition) is 1.